The van der Waals surface area contributed by atoms with Gasteiger partial charge in [-0.2, -0.15) is 0 Å². The van der Waals surface area contributed by atoms with Crippen LogP contribution in [0.15, 0.2) is 70.9 Å². The third kappa shape index (κ3) is 10.2. The van der Waals surface area contributed by atoms with E-state index in [0.717, 1.165) is 5.56 Å². The third-order valence-electron chi connectivity index (χ3n) is 12.8. The molecule has 0 N–H and O–H groups in total. The lowest BCUT2D eigenvalue weighted by Gasteiger charge is -2.42. The van der Waals surface area contributed by atoms with Gasteiger partial charge in [0.15, 0.2) is 8.32 Å². The molecule has 3 aromatic rings. The first kappa shape index (κ1) is 49.8. The van der Waals surface area contributed by atoms with Crippen LogP contribution in [-0.4, -0.2) is 106 Å². The van der Waals surface area contributed by atoms with Gasteiger partial charge >= 0.3 is 5.69 Å². The molecule has 3 aliphatic heterocycles. The predicted octanol–water partition coefficient (Wildman–Crippen LogP) is 8.12. The van der Waals surface area contributed by atoms with Crippen LogP contribution in [0.3, 0.4) is 0 Å². The van der Waals surface area contributed by atoms with Crippen molar-refractivity contribution in [3.8, 4) is 0 Å². The van der Waals surface area contributed by atoms with E-state index in [0.29, 0.717) is 28.8 Å². The summed E-state index contributed by atoms with van der Waals surface area (Å²) in [5, 5.41) is -0.245. The molecular formula is C48H65N6O9PSi. The number of benzene rings is 2. The van der Waals surface area contributed by atoms with Gasteiger partial charge in [0.1, 0.15) is 24.9 Å². The Kier molecular flexibility index (Phi) is 15.7. The van der Waals surface area contributed by atoms with Gasteiger partial charge in [0.2, 0.25) is 6.54 Å². The molecular weight excluding hydrogens is 864 g/mol. The maximum absolute atomic E-state index is 15.0. The molecule has 2 aromatic carbocycles. The summed E-state index contributed by atoms with van der Waals surface area (Å²) in [5.74, 6) is -0.973. The van der Waals surface area contributed by atoms with Gasteiger partial charge in [-0.3, -0.25) is 33.2 Å². The van der Waals surface area contributed by atoms with E-state index in [1.54, 1.807) is 41.3 Å². The lowest BCUT2D eigenvalue weighted by Crippen LogP contribution is -2.50. The third-order valence-corrected chi connectivity index (χ3v) is 19.4. The Bertz CT molecular complexity index is 2360. The van der Waals surface area contributed by atoms with Crippen molar-refractivity contribution in [1.82, 2.24) is 23.6 Å². The summed E-state index contributed by atoms with van der Waals surface area (Å²) in [6.45, 7) is 33.2. The van der Waals surface area contributed by atoms with E-state index in [9.17, 15) is 24.0 Å². The first-order valence-corrected chi connectivity index (χ1v) is 26.7. The second kappa shape index (κ2) is 20.5. The number of imide groups is 1. The molecule has 0 saturated carbocycles. The lowest BCUT2D eigenvalue weighted by atomic mass is 10.0. The van der Waals surface area contributed by atoms with Gasteiger partial charge in [0, 0.05) is 61.3 Å². The first-order chi connectivity index (χ1) is 30.7. The Morgan fingerprint density at radius 3 is 1.91 bits per heavy atom. The van der Waals surface area contributed by atoms with Crippen LogP contribution in [0.5, 0.6) is 0 Å². The van der Waals surface area contributed by atoms with Gasteiger partial charge in [-0.05, 0) is 83.3 Å². The number of rotatable bonds is 20. The van der Waals surface area contributed by atoms with Crippen molar-refractivity contribution < 1.29 is 32.6 Å². The normalized spacial score (nSPS) is 20.4. The zero-order valence-electron chi connectivity index (χ0n) is 39.5. The average Bonchev–Trinajstić information content (AvgIpc) is 3.80. The van der Waals surface area contributed by atoms with E-state index in [-0.39, 0.29) is 80.8 Å². The van der Waals surface area contributed by atoms with Crippen LogP contribution in [0.4, 0.5) is 0 Å². The summed E-state index contributed by atoms with van der Waals surface area (Å²) >= 11 is 0. The highest BCUT2D eigenvalue weighted by atomic mass is 31.2. The second-order valence-corrected chi connectivity index (χ2v) is 25.1. The Morgan fingerprint density at radius 1 is 0.831 bits per heavy atom. The molecule has 2 unspecified atom stereocenters. The predicted molar refractivity (Wildman–Crippen MR) is 254 cm³/mol. The van der Waals surface area contributed by atoms with Crippen molar-refractivity contribution in [2.75, 3.05) is 26.2 Å². The Labute approximate surface area is 385 Å². The second-order valence-electron chi connectivity index (χ2n) is 18.9. The number of amides is 3. The van der Waals surface area contributed by atoms with Crippen molar-refractivity contribution in [2.24, 2.45) is 0 Å². The molecule has 0 radical (unpaired) electrons. The van der Waals surface area contributed by atoms with Crippen LogP contribution in [0.25, 0.3) is 10.5 Å². The molecule has 350 valence electrons. The largest absolute Gasteiger partial charge is 0.408 e. The standard InChI is InChI=1S/C48H65N6O9PSi/c1-13-39-41(62-64(60-29-24-49-10)54(31(2)3)32(4)5)42(63-65(11,12)48(7,8)9)40(61-39)38-30-50(25-18-27-52-44(56)36-22-16-17-23-37(36)45(52)57)47(59)53(46(38)58)28-19-26-51-33(6)34-20-14-15-21-35(34)43(51)55/h14-17,20-23,30-32,39-42H,6,13,18-19,24-29H2,1-5,7-9,11-12H3/t39-,40+,41?,42-,64?/m1/s1. The van der Waals surface area contributed by atoms with Crippen LogP contribution in [0, 0.1) is 6.57 Å². The molecule has 65 heavy (non-hydrogen) atoms. The number of ether oxygens (including phenoxy) is 1. The van der Waals surface area contributed by atoms with Crippen LogP contribution >= 0.6 is 8.53 Å². The van der Waals surface area contributed by atoms with Crippen LogP contribution in [0.2, 0.25) is 18.1 Å². The molecule has 1 fully saturated rings. The molecule has 3 aliphatic rings. The van der Waals surface area contributed by atoms with Crippen molar-refractivity contribution in [2.45, 2.75) is 142 Å². The Morgan fingerprint density at radius 2 is 1.37 bits per heavy atom. The van der Waals surface area contributed by atoms with Gasteiger partial charge < -0.3 is 28.0 Å². The van der Waals surface area contributed by atoms with E-state index in [4.69, 9.17) is 24.8 Å². The summed E-state index contributed by atoms with van der Waals surface area (Å²) in [5.41, 5.74) is 1.62. The van der Waals surface area contributed by atoms with Crippen molar-refractivity contribution in [1.29, 1.82) is 0 Å². The maximum Gasteiger partial charge on any atom is 0.330 e. The molecule has 3 amide bonds. The minimum Gasteiger partial charge on any atom is -0.408 e. The highest BCUT2D eigenvalue weighted by molar-refractivity contribution is 7.44. The van der Waals surface area contributed by atoms with Crippen molar-refractivity contribution >= 4 is 40.3 Å². The number of hydrogen-bond acceptors (Lipinski definition) is 10. The summed E-state index contributed by atoms with van der Waals surface area (Å²) in [7, 11) is -4.36. The van der Waals surface area contributed by atoms with Crippen LogP contribution < -0.4 is 11.2 Å². The SMILES string of the molecule is [C-]#[N+]CCOP(OC1[C@@H](CC)O[C@@H](c2cn(CCCN3C(=O)c4ccccc4C3=O)c(=O)n(CCCN3C(=C)c4ccccc4C3=O)c2=O)[C@H]1O[Si](C)(C)C(C)(C)C)N(C(C)C)C(C)C. The fourth-order valence-electron chi connectivity index (χ4n) is 8.50. The number of hydrogen-bond donors (Lipinski definition) is 0. The average molecular weight is 929 g/mol. The number of aromatic nitrogens is 2. The minimum atomic E-state index is -2.63. The van der Waals surface area contributed by atoms with E-state index < -0.39 is 64.3 Å². The first-order valence-electron chi connectivity index (χ1n) is 22.7. The molecule has 0 aliphatic carbocycles. The quantitative estimate of drug-likeness (QED) is 0.0358. The smallest absolute Gasteiger partial charge is 0.330 e. The molecule has 0 spiro atoms. The molecule has 4 heterocycles. The van der Waals surface area contributed by atoms with E-state index in [1.807, 2.05) is 19.1 Å². The Balaban J connectivity index is 1.39. The van der Waals surface area contributed by atoms with Crippen molar-refractivity contribution in [3.05, 3.63) is 121 Å². The monoisotopic (exact) mass is 928 g/mol. The highest BCUT2D eigenvalue weighted by Gasteiger charge is 2.53. The molecule has 1 saturated heterocycles. The van der Waals surface area contributed by atoms with E-state index in [1.165, 1.54) is 20.2 Å². The molecule has 15 nitrogen and oxygen atoms in total. The molecule has 1 aromatic heterocycles. The van der Waals surface area contributed by atoms with E-state index >= 15 is 0 Å². The van der Waals surface area contributed by atoms with E-state index in [2.05, 4.69) is 77.7 Å². The van der Waals surface area contributed by atoms with Crippen LogP contribution in [0.1, 0.15) is 123 Å². The summed E-state index contributed by atoms with van der Waals surface area (Å²) in [6, 6.07) is 14.0. The number of carbonyl (C=O) groups is 3. The van der Waals surface area contributed by atoms with Gasteiger partial charge in [-0.15, -0.1) is 0 Å². The zero-order chi connectivity index (χ0) is 47.5. The number of nitrogens with zero attached hydrogens (tertiary/aromatic N) is 6. The minimum absolute atomic E-state index is 0.0210. The number of carbonyl (C=O) groups excluding carboxylic acids is 3. The summed E-state index contributed by atoms with van der Waals surface area (Å²) in [4.78, 5) is 75.7. The highest BCUT2D eigenvalue weighted by Crippen LogP contribution is 2.52. The summed E-state index contributed by atoms with van der Waals surface area (Å²) in [6.07, 6.45) is -0.468. The van der Waals surface area contributed by atoms with Gasteiger partial charge in [0.05, 0.1) is 22.8 Å². The number of aryl methyl sites for hydroxylation is 1. The summed E-state index contributed by atoms with van der Waals surface area (Å²) < 4.78 is 32.4. The fraction of sp³-hybridized carbons (Fsp3) is 0.542. The lowest BCUT2D eigenvalue weighted by molar-refractivity contribution is 0.00592. The number of fused-ring (bicyclic) bond motifs is 2. The maximum atomic E-state index is 15.0. The molecule has 5 atom stereocenters. The molecule has 6 rings (SSSR count). The van der Waals surface area contributed by atoms with Crippen molar-refractivity contribution in [3.63, 3.8) is 0 Å². The topological polar surface area (TPSA) is 146 Å². The van der Waals surface area contributed by atoms with Gasteiger partial charge in [-0.1, -0.05) is 64.6 Å². The Hall–Kier alpha value is -4.59. The van der Waals surface area contributed by atoms with Gasteiger partial charge in [-0.25, -0.2) is 16.0 Å². The molecule has 0 bridgehead atoms. The van der Waals surface area contributed by atoms with Crippen LogP contribution in [-0.2, 0) is 31.3 Å². The zero-order valence-corrected chi connectivity index (χ0v) is 41.4. The van der Waals surface area contributed by atoms with Gasteiger partial charge in [0.25, 0.3) is 31.8 Å². The fourth-order valence-corrected chi connectivity index (χ4v) is 11.6. The molecule has 17 heteroatoms.